The van der Waals surface area contributed by atoms with E-state index in [-0.39, 0.29) is 5.56 Å². The molecule has 0 aliphatic carbocycles. The molecule has 0 aliphatic rings. The van der Waals surface area contributed by atoms with Crippen LogP contribution in [0, 0.1) is 5.41 Å². The van der Waals surface area contributed by atoms with Gasteiger partial charge in [-0.2, -0.15) is 0 Å². The highest BCUT2D eigenvalue weighted by Gasteiger charge is 2.03. The fourth-order valence-corrected chi connectivity index (χ4v) is 2.67. The average molecular weight is 320 g/mol. The number of hydrogen-bond acceptors (Lipinski definition) is 3. The summed E-state index contributed by atoms with van der Waals surface area (Å²) in [5.74, 6) is 0. The van der Waals surface area contributed by atoms with E-state index in [9.17, 15) is 4.79 Å². The Balaban J connectivity index is 1.95. The Morgan fingerprint density at radius 1 is 1.29 bits per heavy atom. The van der Waals surface area contributed by atoms with Crippen molar-refractivity contribution in [2.45, 2.75) is 26.8 Å². The maximum Gasteiger partial charge on any atom is 0.260 e. The number of fused-ring (bicyclic) bond motifs is 1. The van der Waals surface area contributed by atoms with E-state index in [1.54, 1.807) is 33.8 Å². The Labute approximate surface area is 140 Å². The van der Waals surface area contributed by atoms with Crippen LogP contribution in [0.5, 0.6) is 0 Å². The number of aryl methyl sites for hydroxylation is 1. The van der Waals surface area contributed by atoms with Crippen molar-refractivity contribution in [1.82, 2.24) is 14.1 Å². The number of pyridine rings is 3. The zero-order chi connectivity index (χ0) is 17.1. The second kappa shape index (κ2) is 6.66. The Morgan fingerprint density at radius 2 is 2.12 bits per heavy atom. The zero-order valence-electron chi connectivity index (χ0n) is 13.9. The molecule has 0 saturated heterocycles. The Hall–Kier alpha value is -2.95. The van der Waals surface area contributed by atoms with Crippen LogP contribution >= 0.6 is 0 Å². The van der Waals surface area contributed by atoms with E-state index in [4.69, 9.17) is 5.41 Å². The van der Waals surface area contributed by atoms with E-state index in [0.717, 1.165) is 17.4 Å². The quantitative estimate of drug-likeness (QED) is 0.803. The van der Waals surface area contributed by atoms with E-state index in [0.29, 0.717) is 17.4 Å². The van der Waals surface area contributed by atoms with Gasteiger partial charge >= 0.3 is 0 Å². The van der Waals surface area contributed by atoms with Crippen LogP contribution in [-0.2, 0) is 13.0 Å². The van der Waals surface area contributed by atoms with Crippen molar-refractivity contribution in [3.8, 4) is 0 Å². The highest BCUT2D eigenvalue weighted by Crippen LogP contribution is 2.08. The first-order valence-electron chi connectivity index (χ1n) is 7.94. The smallest absolute Gasteiger partial charge is 0.260 e. The van der Waals surface area contributed by atoms with Crippen LogP contribution < -0.4 is 11.0 Å². The van der Waals surface area contributed by atoms with Gasteiger partial charge in [0.05, 0.1) is 5.39 Å². The predicted molar refractivity (Wildman–Crippen MR) is 95.6 cm³/mol. The van der Waals surface area contributed by atoms with Crippen molar-refractivity contribution < 1.29 is 0 Å². The van der Waals surface area contributed by atoms with Gasteiger partial charge in [0.2, 0.25) is 0 Å². The van der Waals surface area contributed by atoms with Gasteiger partial charge in [-0.3, -0.25) is 15.2 Å². The molecular formula is C19H20N4O. The van der Waals surface area contributed by atoms with Gasteiger partial charge in [0.15, 0.2) is 0 Å². The van der Waals surface area contributed by atoms with Crippen LogP contribution in [0.2, 0.25) is 0 Å². The predicted octanol–water partition coefficient (Wildman–Crippen LogP) is 2.80. The molecule has 0 fully saturated rings. The molecule has 1 N–H and O–H groups in total. The summed E-state index contributed by atoms with van der Waals surface area (Å²) in [5.41, 5.74) is 2.53. The summed E-state index contributed by atoms with van der Waals surface area (Å²) in [6, 6.07) is 7.51. The molecule has 5 nitrogen and oxygen atoms in total. The summed E-state index contributed by atoms with van der Waals surface area (Å²) in [4.78, 5) is 16.6. The summed E-state index contributed by atoms with van der Waals surface area (Å²) in [6.45, 7) is 4.53. The van der Waals surface area contributed by atoms with Gasteiger partial charge in [0.25, 0.3) is 5.56 Å². The lowest BCUT2D eigenvalue weighted by molar-refractivity contribution is 0.753. The lowest BCUT2D eigenvalue weighted by Crippen LogP contribution is -2.21. The van der Waals surface area contributed by atoms with Gasteiger partial charge in [0.1, 0.15) is 5.49 Å². The fourth-order valence-electron chi connectivity index (χ4n) is 2.67. The minimum Gasteiger partial charge on any atom is -0.311 e. The van der Waals surface area contributed by atoms with E-state index in [1.807, 2.05) is 37.5 Å². The molecule has 0 aromatic carbocycles. The molecule has 0 amide bonds. The minimum absolute atomic E-state index is 0.0493. The van der Waals surface area contributed by atoms with E-state index < -0.39 is 0 Å². The molecule has 0 aliphatic heterocycles. The topological polar surface area (TPSA) is 63.7 Å². The largest absolute Gasteiger partial charge is 0.311 e. The summed E-state index contributed by atoms with van der Waals surface area (Å²) >= 11 is 0. The number of nitrogens with zero attached hydrogens (tertiary/aromatic N) is 3. The number of aromatic nitrogens is 3. The summed E-state index contributed by atoms with van der Waals surface area (Å²) in [5, 5.41) is 9.52. The van der Waals surface area contributed by atoms with Gasteiger partial charge in [-0.25, -0.2) is 0 Å². The van der Waals surface area contributed by atoms with E-state index in [1.165, 1.54) is 5.56 Å². The average Bonchev–Trinajstić information content (AvgIpc) is 2.59. The maximum absolute atomic E-state index is 12.5. The van der Waals surface area contributed by atoms with Crippen LogP contribution in [0.3, 0.4) is 0 Å². The van der Waals surface area contributed by atoms with Gasteiger partial charge in [-0.05, 0) is 48.1 Å². The number of hydrogen-bond donors (Lipinski definition) is 1. The molecule has 0 bridgehead atoms. The van der Waals surface area contributed by atoms with Crippen LogP contribution in [0.4, 0.5) is 0 Å². The second-order valence-corrected chi connectivity index (χ2v) is 5.87. The molecular weight excluding hydrogens is 300 g/mol. The van der Waals surface area contributed by atoms with Crippen molar-refractivity contribution in [3.63, 3.8) is 0 Å². The van der Waals surface area contributed by atoms with Crippen molar-refractivity contribution >= 4 is 17.0 Å². The standard InChI is InChI=1S/C19H20N4O/c1-3-15-4-5-18(20)23(13-15)12-14(2)11-22-9-7-16-6-8-21-10-17(16)19(22)24/h4-10,12-13,20H,3,11H2,1-2H3/b14-12+,20-18?. The lowest BCUT2D eigenvalue weighted by Gasteiger charge is -2.09. The molecule has 3 rings (SSSR count). The van der Waals surface area contributed by atoms with Crippen molar-refractivity contribution in [1.29, 1.82) is 5.41 Å². The Morgan fingerprint density at radius 3 is 2.92 bits per heavy atom. The molecule has 0 atom stereocenters. The van der Waals surface area contributed by atoms with Gasteiger partial charge < -0.3 is 9.13 Å². The third-order valence-electron chi connectivity index (χ3n) is 4.01. The molecule has 0 unspecified atom stereocenters. The van der Waals surface area contributed by atoms with Crippen LogP contribution in [0.15, 0.2) is 59.4 Å². The van der Waals surface area contributed by atoms with Crippen molar-refractivity contribution in [2.24, 2.45) is 0 Å². The van der Waals surface area contributed by atoms with E-state index in [2.05, 4.69) is 11.9 Å². The molecule has 3 aromatic rings. The number of allylic oxidation sites excluding steroid dienone is 1. The third kappa shape index (κ3) is 3.20. The highest BCUT2D eigenvalue weighted by atomic mass is 16.1. The molecule has 3 heterocycles. The number of nitrogens with one attached hydrogen (secondary N) is 1. The van der Waals surface area contributed by atoms with Crippen molar-refractivity contribution in [3.05, 3.63) is 76.0 Å². The highest BCUT2D eigenvalue weighted by molar-refractivity contribution is 5.80. The van der Waals surface area contributed by atoms with Crippen LogP contribution in [0.25, 0.3) is 17.0 Å². The third-order valence-corrected chi connectivity index (χ3v) is 4.01. The van der Waals surface area contributed by atoms with Gasteiger partial charge in [-0.1, -0.05) is 13.0 Å². The van der Waals surface area contributed by atoms with Gasteiger partial charge in [-0.15, -0.1) is 0 Å². The van der Waals surface area contributed by atoms with E-state index >= 15 is 0 Å². The van der Waals surface area contributed by atoms with Gasteiger partial charge in [0, 0.05) is 37.5 Å². The minimum atomic E-state index is -0.0493. The fraction of sp³-hybridized carbons (Fsp3) is 0.211. The SMILES string of the molecule is CCc1ccc(=N)n(/C=C(\C)Cn2ccc3ccncc3c2=O)c1. The summed E-state index contributed by atoms with van der Waals surface area (Å²) in [7, 11) is 0. The zero-order valence-corrected chi connectivity index (χ0v) is 13.9. The lowest BCUT2D eigenvalue weighted by atomic mass is 10.2. The molecule has 5 heteroatoms. The molecule has 0 saturated carbocycles. The maximum atomic E-state index is 12.5. The number of rotatable bonds is 4. The molecule has 122 valence electrons. The van der Waals surface area contributed by atoms with Crippen LogP contribution in [-0.4, -0.2) is 14.1 Å². The first-order valence-corrected chi connectivity index (χ1v) is 7.94. The Bertz CT molecular complexity index is 1030. The first-order chi connectivity index (χ1) is 11.6. The molecule has 0 spiro atoms. The Kier molecular flexibility index (Phi) is 4.42. The second-order valence-electron chi connectivity index (χ2n) is 5.87. The summed E-state index contributed by atoms with van der Waals surface area (Å²) < 4.78 is 3.46. The molecule has 0 radical (unpaired) electrons. The first kappa shape index (κ1) is 15.9. The van der Waals surface area contributed by atoms with Crippen LogP contribution in [0.1, 0.15) is 19.4 Å². The van der Waals surface area contributed by atoms with Crippen molar-refractivity contribution in [2.75, 3.05) is 0 Å². The monoisotopic (exact) mass is 320 g/mol. The normalized spacial score (nSPS) is 11.8. The molecule has 24 heavy (non-hydrogen) atoms. The summed E-state index contributed by atoms with van der Waals surface area (Å²) in [6.07, 6.45) is 9.88. The molecule has 3 aromatic heterocycles.